The van der Waals surface area contributed by atoms with Crippen LogP contribution in [0.5, 0.6) is 5.75 Å². The first kappa shape index (κ1) is 20.6. The molecule has 7 nitrogen and oxygen atoms in total. The Hall–Kier alpha value is -2.11. The monoisotopic (exact) mass is 404 g/mol. The van der Waals surface area contributed by atoms with E-state index in [4.69, 9.17) is 22.1 Å². The molecule has 8 heteroatoms. The topological polar surface area (TPSA) is 112 Å². The fourth-order valence-corrected chi connectivity index (χ4v) is 3.81. The summed E-state index contributed by atoms with van der Waals surface area (Å²) in [5.41, 5.74) is 7.62. The first-order valence-electron chi connectivity index (χ1n) is 9.19. The van der Waals surface area contributed by atoms with Crippen LogP contribution in [0.3, 0.4) is 0 Å². The number of aliphatic hydroxyl groups is 2. The maximum Gasteiger partial charge on any atom is 0.218 e. The van der Waals surface area contributed by atoms with E-state index in [9.17, 15) is 10.2 Å². The van der Waals surface area contributed by atoms with Gasteiger partial charge in [-0.05, 0) is 49.4 Å². The third kappa shape index (κ3) is 4.65. The lowest BCUT2D eigenvalue weighted by atomic mass is 10.0. The average molecular weight is 405 g/mol. The van der Waals surface area contributed by atoms with E-state index >= 15 is 0 Å². The van der Waals surface area contributed by atoms with Crippen molar-refractivity contribution in [3.05, 3.63) is 29.3 Å². The van der Waals surface area contributed by atoms with Crippen LogP contribution in [0.15, 0.2) is 28.2 Å². The number of rotatable bonds is 4. The number of nitrogens with two attached hydrogens (primary N) is 1. The molecule has 0 saturated heterocycles. The van der Waals surface area contributed by atoms with Crippen molar-refractivity contribution in [3.8, 4) is 17.6 Å². The van der Waals surface area contributed by atoms with E-state index < -0.39 is 18.2 Å². The van der Waals surface area contributed by atoms with Crippen molar-refractivity contribution in [1.29, 1.82) is 0 Å². The van der Waals surface area contributed by atoms with Crippen molar-refractivity contribution in [2.75, 3.05) is 13.7 Å². The number of aliphatic hydroxyl groups excluding tert-OH is 2. The molecule has 3 rings (SSSR count). The van der Waals surface area contributed by atoms with Crippen LogP contribution < -0.4 is 15.8 Å². The van der Waals surface area contributed by atoms with Gasteiger partial charge in [0.2, 0.25) is 5.96 Å². The van der Waals surface area contributed by atoms with Crippen LogP contribution in [0.2, 0.25) is 0 Å². The summed E-state index contributed by atoms with van der Waals surface area (Å²) >= 11 is 6.33. The maximum atomic E-state index is 10.3. The quantitative estimate of drug-likeness (QED) is 0.559. The van der Waals surface area contributed by atoms with E-state index in [1.807, 2.05) is 25.1 Å². The highest BCUT2D eigenvalue weighted by Crippen LogP contribution is 2.27. The van der Waals surface area contributed by atoms with Crippen molar-refractivity contribution in [2.24, 2.45) is 27.6 Å². The maximum absolute atomic E-state index is 10.3. The van der Waals surface area contributed by atoms with Crippen molar-refractivity contribution in [2.45, 2.75) is 38.1 Å². The number of nitrogens with zero attached hydrogens (tertiary/aromatic N) is 2. The highest BCUT2D eigenvalue weighted by atomic mass is 35.5. The van der Waals surface area contributed by atoms with E-state index in [-0.39, 0.29) is 29.7 Å². The van der Waals surface area contributed by atoms with Crippen molar-refractivity contribution < 1.29 is 14.9 Å². The summed E-state index contributed by atoms with van der Waals surface area (Å²) in [6, 6.07) is 5.44. The summed E-state index contributed by atoms with van der Waals surface area (Å²) in [7, 11) is 1.62. The van der Waals surface area contributed by atoms with Gasteiger partial charge in [-0.25, -0.2) is 9.98 Å². The predicted octanol–water partition coefficient (Wildman–Crippen LogP) is 0.984. The van der Waals surface area contributed by atoms with Gasteiger partial charge >= 0.3 is 0 Å². The Kier molecular flexibility index (Phi) is 6.57. The summed E-state index contributed by atoms with van der Waals surface area (Å²) in [6.07, 6.45) is 0.108. The standard InChI is InChI=1S/C20H25ClN4O3/c1-11-7-14(28-2)5-3-13(11)4-6-15-18(21)24-20(22)25-19(15)23-16-8-12(10-26)9-17(16)27/h3,5,7,12,15-17,19,23,26-27H,8-10H2,1-2H3,(H2,22,25)/t12-,15?,16+,17+,19?/m0/s1. The number of ether oxygens (including phenoxy) is 1. The number of aryl methyl sites for hydroxylation is 1. The molecule has 0 bridgehead atoms. The van der Waals surface area contributed by atoms with Crippen molar-refractivity contribution in [3.63, 3.8) is 0 Å². The summed E-state index contributed by atoms with van der Waals surface area (Å²) in [5.74, 6) is 6.70. The van der Waals surface area contributed by atoms with Gasteiger partial charge in [-0.1, -0.05) is 23.4 Å². The molecular formula is C20H25ClN4O3. The smallest absolute Gasteiger partial charge is 0.218 e. The zero-order chi connectivity index (χ0) is 20.3. The molecule has 0 amide bonds. The summed E-state index contributed by atoms with van der Waals surface area (Å²) in [5, 5.41) is 23.2. The van der Waals surface area contributed by atoms with Crippen LogP contribution in [0.4, 0.5) is 0 Å². The molecule has 1 aliphatic carbocycles. The second-order valence-electron chi connectivity index (χ2n) is 7.16. The van der Waals surface area contributed by atoms with Gasteiger partial charge in [-0.3, -0.25) is 5.32 Å². The molecule has 0 spiro atoms. The van der Waals surface area contributed by atoms with Gasteiger partial charge in [0, 0.05) is 18.2 Å². The molecule has 1 heterocycles. The molecule has 5 N–H and O–H groups in total. The lowest BCUT2D eigenvalue weighted by Crippen LogP contribution is -2.48. The van der Waals surface area contributed by atoms with E-state index in [1.165, 1.54) is 0 Å². The van der Waals surface area contributed by atoms with Crippen LogP contribution in [0, 0.1) is 30.6 Å². The number of guanidine groups is 1. The molecule has 1 aromatic carbocycles. The second-order valence-corrected chi connectivity index (χ2v) is 7.54. The second kappa shape index (κ2) is 8.93. The minimum atomic E-state index is -0.566. The molecule has 5 atom stereocenters. The number of benzene rings is 1. The van der Waals surface area contributed by atoms with Gasteiger partial charge in [0.05, 0.1) is 13.2 Å². The van der Waals surface area contributed by atoms with Crippen LogP contribution in [-0.4, -0.2) is 53.4 Å². The molecule has 28 heavy (non-hydrogen) atoms. The molecule has 150 valence electrons. The number of methoxy groups -OCH3 is 1. The molecular weight excluding hydrogens is 380 g/mol. The number of nitrogens with one attached hydrogen (secondary N) is 1. The molecule has 0 radical (unpaired) electrons. The Bertz CT molecular complexity index is 846. The Morgan fingerprint density at radius 1 is 1.39 bits per heavy atom. The lowest BCUT2D eigenvalue weighted by molar-refractivity contribution is 0.136. The Labute approximate surface area is 169 Å². The molecule has 1 saturated carbocycles. The fourth-order valence-electron chi connectivity index (χ4n) is 3.55. The summed E-state index contributed by atoms with van der Waals surface area (Å²) in [4.78, 5) is 8.39. The van der Waals surface area contributed by atoms with Gasteiger partial charge in [0.25, 0.3) is 0 Å². The molecule has 1 fully saturated rings. The number of halogens is 1. The van der Waals surface area contributed by atoms with Crippen LogP contribution >= 0.6 is 11.6 Å². The van der Waals surface area contributed by atoms with Gasteiger partial charge in [-0.2, -0.15) is 0 Å². The van der Waals surface area contributed by atoms with E-state index in [0.29, 0.717) is 12.8 Å². The van der Waals surface area contributed by atoms with Gasteiger partial charge in [0.1, 0.15) is 23.0 Å². The summed E-state index contributed by atoms with van der Waals surface area (Å²) in [6.45, 7) is 2.01. The zero-order valence-corrected chi connectivity index (χ0v) is 16.6. The zero-order valence-electron chi connectivity index (χ0n) is 15.9. The van der Waals surface area contributed by atoms with Crippen LogP contribution in [0.25, 0.3) is 0 Å². The highest BCUT2D eigenvalue weighted by Gasteiger charge is 2.37. The molecule has 2 aliphatic rings. The Balaban J connectivity index is 1.81. The SMILES string of the molecule is COc1ccc(C#CC2C(Cl)=NC(N)=NC2N[C@@H]2C[C@H](CO)C[C@H]2O)c(C)c1. The van der Waals surface area contributed by atoms with Crippen molar-refractivity contribution >= 4 is 22.7 Å². The number of aliphatic imine (C=N–C) groups is 2. The largest absolute Gasteiger partial charge is 0.497 e. The average Bonchev–Trinajstić information content (AvgIpc) is 3.01. The van der Waals surface area contributed by atoms with E-state index in [0.717, 1.165) is 16.9 Å². The normalized spacial score (nSPS) is 29.5. The first-order chi connectivity index (χ1) is 13.4. The lowest BCUT2D eigenvalue weighted by Gasteiger charge is -2.27. The Morgan fingerprint density at radius 2 is 2.18 bits per heavy atom. The molecule has 0 aromatic heterocycles. The molecule has 1 aromatic rings. The van der Waals surface area contributed by atoms with E-state index in [2.05, 4.69) is 27.1 Å². The van der Waals surface area contributed by atoms with E-state index in [1.54, 1.807) is 7.11 Å². The molecule has 1 aliphatic heterocycles. The summed E-state index contributed by atoms with van der Waals surface area (Å²) < 4.78 is 5.22. The third-order valence-corrected chi connectivity index (χ3v) is 5.45. The van der Waals surface area contributed by atoms with Gasteiger partial charge in [0.15, 0.2) is 0 Å². The Morgan fingerprint density at radius 3 is 2.82 bits per heavy atom. The van der Waals surface area contributed by atoms with Crippen LogP contribution in [-0.2, 0) is 0 Å². The van der Waals surface area contributed by atoms with Gasteiger partial charge in [-0.15, -0.1) is 0 Å². The van der Waals surface area contributed by atoms with Crippen LogP contribution in [0.1, 0.15) is 24.0 Å². The van der Waals surface area contributed by atoms with Crippen molar-refractivity contribution in [1.82, 2.24) is 5.32 Å². The number of hydrogen-bond acceptors (Lipinski definition) is 7. The minimum absolute atomic E-state index is 0.0491. The highest BCUT2D eigenvalue weighted by molar-refractivity contribution is 6.67. The number of hydrogen-bond donors (Lipinski definition) is 4. The predicted molar refractivity (Wildman–Crippen MR) is 110 cm³/mol. The fraction of sp³-hybridized carbons (Fsp3) is 0.500. The molecule has 2 unspecified atom stereocenters. The third-order valence-electron chi connectivity index (χ3n) is 5.13. The minimum Gasteiger partial charge on any atom is -0.497 e. The van der Waals surface area contributed by atoms with Gasteiger partial charge < -0.3 is 20.7 Å². The first-order valence-corrected chi connectivity index (χ1v) is 9.57.